The summed E-state index contributed by atoms with van der Waals surface area (Å²) in [5, 5.41) is 10.3. The van der Waals surface area contributed by atoms with Crippen molar-refractivity contribution >= 4 is 11.4 Å². The van der Waals surface area contributed by atoms with Gasteiger partial charge in [0.15, 0.2) is 5.78 Å². The van der Waals surface area contributed by atoms with E-state index in [1.165, 1.54) is 31.2 Å². The molecule has 0 unspecified atom stereocenters. The molecule has 0 aromatic heterocycles. The molecular weight excluding hydrogens is 360 g/mol. The number of rotatable bonds is 6. The van der Waals surface area contributed by atoms with Gasteiger partial charge in [-0.15, -0.1) is 0 Å². The maximum atomic E-state index is 13.3. The number of aliphatic hydroxyl groups is 1. The number of hydrogen-bond donors (Lipinski definition) is 1. The summed E-state index contributed by atoms with van der Waals surface area (Å²) in [5.41, 5.74) is 1.49. The molecular formula is C23H25F2NO2. The highest BCUT2D eigenvalue weighted by atomic mass is 19.1. The molecule has 1 fully saturated rings. The molecule has 0 spiro atoms. The second-order valence-corrected chi connectivity index (χ2v) is 7.35. The van der Waals surface area contributed by atoms with Crippen LogP contribution in [0.15, 0.2) is 54.6 Å². The number of carbonyl (C=O) groups is 1. The van der Waals surface area contributed by atoms with Crippen LogP contribution in [0.1, 0.15) is 37.3 Å². The van der Waals surface area contributed by atoms with Crippen LogP contribution < -0.4 is 0 Å². The molecule has 2 aromatic rings. The molecule has 2 aromatic carbocycles. The summed E-state index contributed by atoms with van der Waals surface area (Å²) in [5.74, 6) is -0.760. The van der Waals surface area contributed by atoms with Crippen molar-refractivity contribution in [3.8, 4) is 0 Å². The Morgan fingerprint density at radius 3 is 1.89 bits per heavy atom. The molecule has 1 N–H and O–H groups in total. The van der Waals surface area contributed by atoms with E-state index < -0.39 is 5.60 Å². The topological polar surface area (TPSA) is 40.5 Å². The Morgan fingerprint density at radius 1 is 1.00 bits per heavy atom. The second-order valence-electron chi connectivity index (χ2n) is 7.35. The maximum absolute atomic E-state index is 13.3. The first-order valence-corrected chi connectivity index (χ1v) is 9.55. The van der Waals surface area contributed by atoms with Gasteiger partial charge in [-0.3, -0.25) is 4.79 Å². The van der Waals surface area contributed by atoms with E-state index >= 15 is 0 Å². The van der Waals surface area contributed by atoms with Crippen LogP contribution >= 0.6 is 0 Å². The van der Waals surface area contributed by atoms with Gasteiger partial charge in [-0.1, -0.05) is 30.3 Å². The molecule has 0 saturated carbocycles. The standard InChI is InChI=1S/C23H25F2NO2/c1-17(27)23(28)12-15-26(16-13-23)14-2-3-22(18-4-8-20(24)9-5-18)19-6-10-21(25)11-7-19/h3-11,28H,2,12-16H2,1H3. The van der Waals surface area contributed by atoms with Crippen LogP contribution in [0.4, 0.5) is 8.78 Å². The van der Waals surface area contributed by atoms with Crippen LogP contribution in [0.3, 0.4) is 0 Å². The van der Waals surface area contributed by atoms with Gasteiger partial charge in [-0.05, 0) is 67.2 Å². The molecule has 0 radical (unpaired) electrons. The van der Waals surface area contributed by atoms with E-state index in [2.05, 4.69) is 11.0 Å². The summed E-state index contributed by atoms with van der Waals surface area (Å²) < 4.78 is 26.6. The highest BCUT2D eigenvalue weighted by molar-refractivity contribution is 5.84. The Bertz CT molecular complexity index is 788. The molecule has 0 aliphatic carbocycles. The molecule has 0 atom stereocenters. The van der Waals surface area contributed by atoms with Gasteiger partial charge in [-0.2, -0.15) is 0 Å². The van der Waals surface area contributed by atoms with Gasteiger partial charge in [0.05, 0.1) is 0 Å². The number of Topliss-reactive ketones (excluding diaryl/α,β-unsaturated/α-hetero) is 1. The number of carbonyl (C=O) groups excluding carboxylic acids is 1. The number of hydrogen-bond acceptors (Lipinski definition) is 3. The van der Waals surface area contributed by atoms with Crippen molar-refractivity contribution in [1.29, 1.82) is 0 Å². The number of nitrogens with zero attached hydrogens (tertiary/aromatic N) is 1. The van der Waals surface area contributed by atoms with Gasteiger partial charge in [0.1, 0.15) is 17.2 Å². The van der Waals surface area contributed by atoms with Crippen molar-refractivity contribution in [3.05, 3.63) is 77.4 Å². The number of piperidine rings is 1. The first-order valence-electron chi connectivity index (χ1n) is 9.55. The molecule has 5 heteroatoms. The predicted molar refractivity (Wildman–Crippen MR) is 106 cm³/mol. The zero-order chi connectivity index (χ0) is 20.1. The first-order chi connectivity index (χ1) is 13.4. The first kappa shape index (κ1) is 20.4. The summed E-state index contributed by atoms with van der Waals surface area (Å²) in [4.78, 5) is 13.8. The van der Waals surface area contributed by atoms with Gasteiger partial charge >= 0.3 is 0 Å². The van der Waals surface area contributed by atoms with Crippen LogP contribution in [0.5, 0.6) is 0 Å². The highest BCUT2D eigenvalue weighted by Gasteiger charge is 2.36. The normalized spacial score (nSPS) is 16.6. The van der Waals surface area contributed by atoms with Gasteiger partial charge in [0, 0.05) is 19.6 Å². The summed E-state index contributed by atoms with van der Waals surface area (Å²) in [6.07, 6.45) is 3.73. The average Bonchev–Trinajstić information content (AvgIpc) is 2.68. The third kappa shape index (κ3) is 4.91. The number of likely N-dealkylation sites (tertiary alicyclic amines) is 1. The lowest BCUT2D eigenvalue weighted by Crippen LogP contribution is -2.48. The van der Waals surface area contributed by atoms with Crippen molar-refractivity contribution in [2.45, 2.75) is 31.8 Å². The summed E-state index contributed by atoms with van der Waals surface area (Å²) >= 11 is 0. The zero-order valence-electron chi connectivity index (χ0n) is 16.0. The Kier molecular flexibility index (Phi) is 6.37. The summed E-state index contributed by atoms with van der Waals surface area (Å²) in [7, 11) is 0. The number of benzene rings is 2. The quantitative estimate of drug-likeness (QED) is 0.810. The summed E-state index contributed by atoms with van der Waals surface area (Å²) in [6, 6.07) is 12.5. The SMILES string of the molecule is CC(=O)C1(O)CCN(CCC=C(c2ccc(F)cc2)c2ccc(F)cc2)CC1. The van der Waals surface area contributed by atoms with Gasteiger partial charge in [0.25, 0.3) is 0 Å². The molecule has 3 rings (SSSR count). The van der Waals surface area contributed by atoms with Crippen LogP contribution in [-0.4, -0.2) is 41.0 Å². The van der Waals surface area contributed by atoms with Gasteiger partial charge in [-0.25, -0.2) is 8.78 Å². The van der Waals surface area contributed by atoms with Crippen molar-refractivity contribution < 1.29 is 18.7 Å². The molecule has 0 amide bonds. The molecule has 1 aliphatic rings. The van der Waals surface area contributed by atoms with Gasteiger partial charge in [0.2, 0.25) is 0 Å². The van der Waals surface area contributed by atoms with Crippen molar-refractivity contribution in [3.63, 3.8) is 0 Å². The highest BCUT2D eigenvalue weighted by Crippen LogP contribution is 2.26. The summed E-state index contributed by atoms with van der Waals surface area (Å²) in [6.45, 7) is 3.58. The Labute approximate surface area is 164 Å². The monoisotopic (exact) mass is 385 g/mol. The van der Waals surface area contributed by atoms with Crippen molar-refractivity contribution in [1.82, 2.24) is 4.90 Å². The fourth-order valence-electron chi connectivity index (χ4n) is 3.55. The van der Waals surface area contributed by atoms with Crippen LogP contribution in [0.25, 0.3) is 5.57 Å². The van der Waals surface area contributed by atoms with Crippen LogP contribution in [-0.2, 0) is 4.79 Å². The predicted octanol–water partition coefficient (Wildman–Crippen LogP) is 4.20. The zero-order valence-corrected chi connectivity index (χ0v) is 16.0. The lowest BCUT2D eigenvalue weighted by Gasteiger charge is -2.36. The molecule has 1 aliphatic heterocycles. The molecule has 1 heterocycles. The molecule has 0 bridgehead atoms. The molecule has 1 saturated heterocycles. The van der Waals surface area contributed by atoms with E-state index in [-0.39, 0.29) is 17.4 Å². The third-order valence-corrected chi connectivity index (χ3v) is 5.44. The maximum Gasteiger partial charge on any atom is 0.161 e. The number of halogens is 2. The van der Waals surface area contributed by atoms with Crippen molar-refractivity contribution in [2.24, 2.45) is 0 Å². The smallest absolute Gasteiger partial charge is 0.161 e. The minimum atomic E-state index is -1.18. The lowest BCUT2D eigenvalue weighted by atomic mass is 9.88. The minimum Gasteiger partial charge on any atom is -0.382 e. The molecule has 28 heavy (non-hydrogen) atoms. The van der Waals surface area contributed by atoms with E-state index in [0.717, 1.165) is 29.7 Å². The Balaban J connectivity index is 1.70. The second kappa shape index (κ2) is 8.76. The fourth-order valence-corrected chi connectivity index (χ4v) is 3.55. The van der Waals surface area contributed by atoms with E-state index in [1.807, 2.05) is 0 Å². The largest absolute Gasteiger partial charge is 0.382 e. The number of ketones is 1. The van der Waals surface area contributed by atoms with E-state index in [9.17, 15) is 18.7 Å². The molecule has 3 nitrogen and oxygen atoms in total. The van der Waals surface area contributed by atoms with Gasteiger partial charge < -0.3 is 10.0 Å². The lowest BCUT2D eigenvalue weighted by molar-refractivity contribution is -0.139. The van der Waals surface area contributed by atoms with Crippen LogP contribution in [0.2, 0.25) is 0 Å². The van der Waals surface area contributed by atoms with E-state index in [1.54, 1.807) is 24.3 Å². The molecule has 148 valence electrons. The van der Waals surface area contributed by atoms with Crippen LogP contribution in [0, 0.1) is 11.6 Å². The van der Waals surface area contributed by atoms with E-state index in [0.29, 0.717) is 25.9 Å². The minimum absolute atomic E-state index is 0.165. The fraction of sp³-hybridized carbons (Fsp3) is 0.348. The average molecular weight is 385 g/mol. The third-order valence-electron chi connectivity index (χ3n) is 5.44. The Hall–Kier alpha value is -2.37. The Morgan fingerprint density at radius 2 is 1.46 bits per heavy atom. The van der Waals surface area contributed by atoms with Crippen molar-refractivity contribution in [2.75, 3.05) is 19.6 Å². The van der Waals surface area contributed by atoms with E-state index in [4.69, 9.17) is 0 Å².